The van der Waals surface area contributed by atoms with Crippen molar-refractivity contribution in [1.82, 2.24) is 5.32 Å². The topological polar surface area (TPSA) is 24.1 Å². The highest BCUT2D eigenvalue weighted by molar-refractivity contribution is 7.80. The molecule has 2 N–H and O–H groups in total. The van der Waals surface area contributed by atoms with E-state index in [-0.39, 0.29) is 0 Å². The summed E-state index contributed by atoms with van der Waals surface area (Å²) in [7, 11) is 0. The van der Waals surface area contributed by atoms with Crippen molar-refractivity contribution in [3.63, 3.8) is 0 Å². The third-order valence-corrected chi connectivity index (χ3v) is 2.25. The summed E-state index contributed by atoms with van der Waals surface area (Å²) < 4.78 is 0. The van der Waals surface area contributed by atoms with E-state index in [1.54, 1.807) is 0 Å². The van der Waals surface area contributed by atoms with Crippen LogP contribution in [0.1, 0.15) is 6.92 Å². The van der Waals surface area contributed by atoms with Gasteiger partial charge in [-0.2, -0.15) is 0 Å². The van der Waals surface area contributed by atoms with E-state index in [0.717, 1.165) is 11.3 Å². The number of hydrogen-bond donors (Lipinski definition) is 2. The number of thiocarbonyl (C=S) groups is 1. The fourth-order valence-corrected chi connectivity index (χ4v) is 1.33. The van der Waals surface area contributed by atoms with Crippen molar-refractivity contribution in [2.75, 3.05) is 11.9 Å². The summed E-state index contributed by atoms with van der Waals surface area (Å²) in [5.41, 5.74) is 1.83. The van der Waals surface area contributed by atoms with Crippen molar-refractivity contribution < 1.29 is 0 Å². The molecular weight excluding hydrogens is 228 g/mol. The molecule has 0 fully saturated rings. The Morgan fingerprint density at radius 3 is 2.73 bits per heavy atom. The van der Waals surface area contributed by atoms with Gasteiger partial charge >= 0.3 is 0 Å². The molecule has 0 amide bonds. The van der Waals surface area contributed by atoms with Crippen LogP contribution < -0.4 is 10.6 Å². The minimum absolute atomic E-state index is 0.547. The van der Waals surface area contributed by atoms with Gasteiger partial charge in [-0.25, -0.2) is 0 Å². The second kappa shape index (κ2) is 5.73. The van der Waals surface area contributed by atoms with Crippen LogP contribution in [0.5, 0.6) is 0 Å². The van der Waals surface area contributed by atoms with E-state index in [0.29, 0.717) is 16.7 Å². The van der Waals surface area contributed by atoms with Crippen molar-refractivity contribution in [1.29, 1.82) is 0 Å². The Morgan fingerprint density at radius 2 is 2.13 bits per heavy atom. The van der Waals surface area contributed by atoms with E-state index in [2.05, 4.69) is 17.2 Å². The smallest absolute Gasteiger partial charge is 0.171 e. The van der Waals surface area contributed by atoms with Gasteiger partial charge in [0.15, 0.2) is 5.11 Å². The first kappa shape index (κ1) is 12.0. The lowest BCUT2D eigenvalue weighted by Crippen LogP contribution is -2.29. The van der Waals surface area contributed by atoms with Crippen LogP contribution in [0.3, 0.4) is 0 Å². The first-order valence-corrected chi connectivity index (χ1v) is 5.32. The molecular formula is C11H13ClN2S. The minimum atomic E-state index is 0.547. The van der Waals surface area contributed by atoms with Gasteiger partial charge in [-0.1, -0.05) is 35.9 Å². The number of nitrogens with one attached hydrogen (secondary N) is 2. The summed E-state index contributed by atoms with van der Waals surface area (Å²) in [6, 6.07) is 7.45. The third kappa shape index (κ3) is 4.32. The molecule has 0 aliphatic rings. The van der Waals surface area contributed by atoms with E-state index in [4.69, 9.17) is 23.8 Å². The van der Waals surface area contributed by atoms with Crippen LogP contribution in [0.25, 0.3) is 0 Å². The van der Waals surface area contributed by atoms with Crippen LogP contribution in [0.15, 0.2) is 36.4 Å². The minimum Gasteiger partial charge on any atom is -0.359 e. The number of anilines is 1. The lowest BCUT2D eigenvalue weighted by molar-refractivity contribution is 1.000. The Labute approximate surface area is 100 Å². The zero-order chi connectivity index (χ0) is 11.3. The molecule has 0 spiro atoms. The van der Waals surface area contributed by atoms with Crippen molar-refractivity contribution in [3.05, 3.63) is 41.4 Å². The van der Waals surface area contributed by atoms with E-state index < -0.39 is 0 Å². The maximum absolute atomic E-state index is 5.96. The third-order valence-electron chi connectivity index (χ3n) is 1.67. The molecule has 0 aliphatic carbocycles. The maximum atomic E-state index is 5.96. The van der Waals surface area contributed by atoms with E-state index in [9.17, 15) is 0 Å². The van der Waals surface area contributed by atoms with Crippen molar-refractivity contribution in [2.24, 2.45) is 0 Å². The van der Waals surface area contributed by atoms with Crippen LogP contribution >= 0.6 is 23.8 Å². The van der Waals surface area contributed by atoms with Crippen molar-refractivity contribution in [2.45, 2.75) is 6.92 Å². The van der Waals surface area contributed by atoms with Gasteiger partial charge in [-0.05, 0) is 31.3 Å². The molecule has 0 aliphatic heterocycles. The second-order valence-corrected chi connectivity index (χ2v) is 4.06. The Kier molecular flexibility index (Phi) is 4.59. The summed E-state index contributed by atoms with van der Waals surface area (Å²) in [6.07, 6.45) is 0. The average Bonchev–Trinajstić information content (AvgIpc) is 2.18. The van der Waals surface area contributed by atoms with E-state index >= 15 is 0 Å². The van der Waals surface area contributed by atoms with Gasteiger partial charge in [0.25, 0.3) is 0 Å². The Hall–Kier alpha value is -1.06. The van der Waals surface area contributed by atoms with Gasteiger partial charge in [0.1, 0.15) is 0 Å². The molecule has 15 heavy (non-hydrogen) atoms. The monoisotopic (exact) mass is 240 g/mol. The lowest BCUT2D eigenvalue weighted by Gasteiger charge is -2.11. The van der Waals surface area contributed by atoms with E-state index in [1.165, 1.54) is 0 Å². The first-order valence-electron chi connectivity index (χ1n) is 4.53. The number of para-hydroxylation sites is 1. The van der Waals surface area contributed by atoms with Crippen LogP contribution in [0.4, 0.5) is 5.69 Å². The normalized spacial score (nSPS) is 9.47. The van der Waals surface area contributed by atoms with Crippen LogP contribution in [-0.2, 0) is 0 Å². The van der Waals surface area contributed by atoms with Crippen LogP contribution in [-0.4, -0.2) is 11.7 Å². The molecule has 4 heteroatoms. The van der Waals surface area contributed by atoms with Crippen LogP contribution in [0.2, 0.25) is 5.02 Å². The van der Waals surface area contributed by atoms with Gasteiger partial charge in [0.05, 0.1) is 10.7 Å². The highest BCUT2D eigenvalue weighted by atomic mass is 35.5. The summed E-state index contributed by atoms with van der Waals surface area (Å²) in [5, 5.41) is 7.23. The molecule has 0 aromatic heterocycles. The predicted octanol–water partition coefficient (Wildman–Crippen LogP) is 3.20. The quantitative estimate of drug-likeness (QED) is 0.627. The second-order valence-electron chi connectivity index (χ2n) is 3.24. The molecule has 0 atom stereocenters. The summed E-state index contributed by atoms with van der Waals surface area (Å²) in [6.45, 7) is 6.37. The SMILES string of the molecule is C=C(C)CNC(=S)Nc1ccccc1Cl. The van der Waals surface area contributed by atoms with Crippen molar-refractivity contribution in [3.8, 4) is 0 Å². The fourth-order valence-electron chi connectivity index (χ4n) is 0.960. The molecule has 2 nitrogen and oxygen atoms in total. The van der Waals surface area contributed by atoms with Gasteiger partial charge in [-0.15, -0.1) is 0 Å². The summed E-state index contributed by atoms with van der Waals surface area (Å²) >= 11 is 11.1. The van der Waals surface area contributed by atoms with Gasteiger partial charge in [-0.3, -0.25) is 0 Å². The summed E-state index contributed by atoms with van der Waals surface area (Å²) in [5.74, 6) is 0. The molecule has 1 aromatic carbocycles. The molecule has 0 bridgehead atoms. The van der Waals surface area contributed by atoms with E-state index in [1.807, 2.05) is 31.2 Å². The molecule has 0 radical (unpaired) electrons. The Morgan fingerprint density at radius 1 is 1.47 bits per heavy atom. The van der Waals surface area contributed by atoms with Gasteiger partial charge in [0.2, 0.25) is 0 Å². The average molecular weight is 241 g/mol. The van der Waals surface area contributed by atoms with Gasteiger partial charge in [0, 0.05) is 6.54 Å². The lowest BCUT2D eigenvalue weighted by atomic mass is 10.3. The summed E-state index contributed by atoms with van der Waals surface area (Å²) in [4.78, 5) is 0. The zero-order valence-corrected chi connectivity index (χ0v) is 10.1. The Bertz CT molecular complexity index is 377. The Balaban J connectivity index is 2.52. The number of hydrogen-bond acceptors (Lipinski definition) is 1. The van der Waals surface area contributed by atoms with Crippen molar-refractivity contribution >= 4 is 34.6 Å². The van der Waals surface area contributed by atoms with Gasteiger partial charge < -0.3 is 10.6 Å². The molecule has 0 unspecified atom stereocenters. The van der Waals surface area contributed by atoms with Crippen LogP contribution in [0, 0.1) is 0 Å². The predicted molar refractivity (Wildman–Crippen MR) is 70.5 cm³/mol. The number of rotatable bonds is 3. The number of benzene rings is 1. The number of halogens is 1. The molecule has 0 saturated heterocycles. The molecule has 0 saturated carbocycles. The maximum Gasteiger partial charge on any atom is 0.171 e. The first-order chi connectivity index (χ1) is 7.09. The fraction of sp³-hybridized carbons (Fsp3) is 0.182. The largest absolute Gasteiger partial charge is 0.359 e. The molecule has 1 rings (SSSR count). The zero-order valence-electron chi connectivity index (χ0n) is 8.51. The standard InChI is InChI=1S/C11H13ClN2S/c1-8(2)7-13-11(15)14-10-6-4-3-5-9(10)12/h3-6H,1,7H2,2H3,(H2,13,14,15). The highest BCUT2D eigenvalue weighted by Crippen LogP contribution is 2.19. The molecule has 1 aromatic rings. The highest BCUT2D eigenvalue weighted by Gasteiger charge is 2.00. The molecule has 0 heterocycles. The molecule has 80 valence electrons.